The topological polar surface area (TPSA) is 93.0 Å². The molecule has 1 amide bonds. The van der Waals surface area contributed by atoms with Gasteiger partial charge in [0.2, 0.25) is 5.91 Å². The molecule has 6 nitrogen and oxygen atoms in total. The Labute approximate surface area is 94.6 Å². The maximum atomic E-state index is 11.5. The minimum atomic E-state index is -0.481. The Hall–Kier alpha value is -1.40. The van der Waals surface area contributed by atoms with Crippen molar-refractivity contribution in [1.82, 2.24) is 15.3 Å². The van der Waals surface area contributed by atoms with Crippen LogP contribution in [0.1, 0.15) is 18.7 Å². The van der Waals surface area contributed by atoms with Gasteiger partial charge in [0.05, 0.1) is 12.6 Å². The number of amides is 1. The van der Waals surface area contributed by atoms with E-state index in [4.69, 9.17) is 10.5 Å². The van der Waals surface area contributed by atoms with Crippen molar-refractivity contribution in [3.8, 4) is 0 Å². The van der Waals surface area contributed by atoms with E-state index in [0.29, 0.717) is 19.6 Å². The molecule has 1 aromatic heterocycles. The van der Waals surface area contributed by atoms with Crippen LogP contribution in [0.25, 0.3) is 0 Å². The number of ether oxygens (including phenoxy) is 1. The fourth-order valence-electron chi connectivity index (χ4n) is 1.28. The molecular weight excluding hydrogens is 208 g/mol. The Morgan fingerprint density at radius 1 is 1.75 bits per heavy atom. The minimum Gasteiger partial charge on any atom is -0.385 e. The molecule has 16 heavy (non-hydrogen) atoms. The first-order valence-electron chi connectivity index (χ1n) is 5.24. The molecule has 1 rings (SSSR count). The number of imidazole rings is 1. The Kier molecular flexibility index (Phi) is 5.52. The highest BCUT2D eigenvalue weighted by molar-refractivity contribution is 5.81. The molecule has 90 valence electrons. The molecule has 0 spiro atoms. The van der Waals surface area contributed by atoms with Crippen molar-refractivity contribution in [2.75, 3.05) is 13.7 Å². The molecular formula is C10H18N4O2. The summed E-state index contributed by atoms with van der Waals surface area (Å²) in [7, 11) is 1.63. The average molecular weight is 226 g/mol. The largest absolute Gasteiger partial charge is 0.385 e. The Morgan fingerprint density at radius 3 is 3.19 bits per heavy atom. The lowest BCUT2D eigenvalue weighted by Gasteiger charge is -2.10. The van der Waals surface area contributed by atoms with Crippen molar-refractivity contribution in [3.63, 3.8) is 0 Å². The fourth-order valence-corrected chi connectivity index (χ4v) is 1.28. The van der Waals surface area contributed by atoms with Crippen LogP contribution < -0.4 is 11.1 Å². The average Bonchev–Trinajstić information content (AvgIpc) is 2.79. The van der Waals surface area contributed by atoms with Gasteiger partial charge in [-0.05, 0) is 12.8 Å². The van der Waals surface area contributed by atoms with E-state index in [9.17, 15) is 4.79 Å². The first-order valence-corrected chi connectivity index (χ1v) is 5.24. The van der Waals surface area contributed by atoms with Gasteiger partial charge in [-0.3, -0.25) is 4.79 Å². The lowest BCUT2D eigenvalue weighted by atomic mass is 10.1. The zero-order chi connectivity index (χ0) is 11.8. The summed E-state index contributed by atoms with van der Waals surface area (Å²) in [6.07, 6.45) is 4.75. The maximum absolute atomic E-state index is 11.5. The molecule has 0 aliphatic rings. The van der Waals surface area contributed by atoms with Gasteiger partial charge in [-0.2, -0.15) is 0 Å². The highest BCUT2D eigenvalue weighted by atomic mass is 16.5. The third kappa shape index (κ3) is 4.41. The number of aromatic amines is 1. The van der Waals surface area contributed by atoms with Crippen LogP contribution >= 0.6 is 0 Å². The molecule has 0 fully saturated rings. The highest BCUT2D eigenvalue weighted by Gasteiger charge is 2.12. The number of hydrogen-bond donors (Lipinski definition) is 3. The van der Waals surface area contributed by atoms with Crippen molar-refractivity contribution in [2.24, 2.45) is 5.73 Å². The third-order valence-electron chi connectivity index (χ3n) is 2.19. The van der Waals surface area contributed by atoms with E-state index in [2.05, 4.69) is 15.3 Å². The molecule has 0 aromatic carbocycles. The number of carbonyl (C=O) groups excluding carboxylic acids is 1. The summed E-state index contributed by atoms with van der Waals surface area (Å²) in [5, 5.41) is 2.71. The summed E-state index contributed by atoms with van der Waals surface area (Å²) < 4.78 is 4.89. The fraction of sp³-hybridized carbons (Fsp3) is 0.600. The van der Waals surface area contributed by atoms with Crippen LogP contribution in [-0.2, 0) is 16.1 Å². The molecule has 6 heteroatoms. The zero-order valence-electron chi connectivity index (χ0n) is 9.40. The molecule has 1 atom stereocenters. The molecule has 1 aromatic rings. The van der Waals surface area contributed by atoms with Gasteiger partial charge in [0.1, 0.15) is 5.82 Å². The number of carbonyl (C=O) groups is 1. The molecule has 4 N–H and O–H groups in total. The van der Waals surface area contributed by atoms with E-state index in [-0.39, 0.29) is 5.91 Å². The van der Waals surface area contributed by atoms with Gasteiger partial charge >= 0.3 is 0 Å². The summed E-state index contributed by atoms with van der Waals surface area (Å²) in [5.41, 5.74) is 5.70. The van der Waals surface area contributed by atoms with Crippen LogP contribution in [0.4, 0.5) is 0 Å². The van der Waals surface area contributed by atoms with Crippen molar-refractivity contribution in [3.05, 3.63) is 18.2 Å². The van der Waals surface area contributed by atoms with Crippen LogP contribution in [0.15, 0.2) is 12.4 Å². The third-order valence-corrected chi connectivity index (χ3v) is 2.19. The number of nitrogens with two attached hydrogens (primary N) is 1. The standard InChI is InChI=1S/C10H18N4O2/c1-16-6-2-3-8(11)10(15)14-7-9-12-4-5-13-9/h4-5,8H,2-3,6-7,11H2,1H3,(H,12,13)(H,14,15). The molecule has 1 unspecified atom stereocenters. The van der Waals surface area contributed by atoms with Gasteiger partial charge in [0.25, 0.3) is 0 Å². The second-order valence-corrected chi connectivity index (χ2v) is 3.50. The smallest absolute Gasteiger partial charge is 0.237 e. The lowest BCUT2D eigenvalue weighted by Crippen LogP contribution is -2.40. The number of H-pyrrole nitrogens is 1. The molecule has 0 aliphatic heterocycles. The van der Waals surface area contributed by atoms with Gasteiger partial charge in [-0.15, -0.1) is 0 Å². The number of rotatable bonds is 7. The van der Waals surface area contributed by atoms with Crippen molar-refractivity contribution < 1.29 is 9.53 Å². The van der Waals surface area contributed by atoms with Crippen LogP contribution in [0, 0.1) is 0 Å². The molecule has 0 radical (unpaired) electrons. The van der Waals surface area contributed by atoms with Crippen LogP contribution in [0.5, 0.6) is 0 Å². The minimum absolute atomic E-state index is 0.160. The lowest BCUT2D eigenvalue weighted by molar-refractivity contribution is -0.122. The van der Waals surface area contributed by atoms with E-state index >= 15 is 0 Å². The van der Waals surface area contributed by atoms with E-state index in [1.807, 2.05) is 0 Å². The summed E-state index contributed by atoms with van der Waals surface area (Å²) in [6, 6.07) is -0.481. The first kappa shape index (κ1) is 12.7. The molecule has 0 saturated carbocycles. The summed E-state index contributed by atoms with van der Waals surface area (Å²) in [5.74, 6) is 0.560. The van der Waals surface area contributed by atoms with E-state index in [1.165, 1.54) is 0 Å². The summed E-state index contributed by atoms with van der Waals surface area (Å²) in [6.45, 7) is 1.00. The van der Waals surface area contributed by atoms with E-state index in [0.717, 1.165) is 12.2 Å². The molecule has 1 heterocycles. The second-order valence-electron chi connectivity index (χ2n) is 3.50. The monoisotopic (exact) mass is 226 g/mol. The Balaban J connectivity index is 2.18. The number of methoxy groups -OCH3 is 1. The van der Waals surface area contributed by atoms with Gasteiger partial charge in [-0.1, -0.05) is 0 Å². The predicted molar refractivity (Wildman–Crippen MR) is 59.5 cm³/mol. The second kappa shape index (κ2) is 6.97. The normalized spacial score (nSPS) is 12.4. The molecule has 0 bridgehead atoms. The number of hydrogen-bond acceptors (Lipinski definition) is 4. The Bertz CT molecular complexity index is 300. The number of nitrogens with zero attached hydrogens (tertiary/aromatic N) is 1. The van der Waals surface area contributed by atoms with Gasteiger partial charge in [-0.25, -0.2) is 4.98 Å². The predicted octanol–water partition coefficient (Wildman–Crippen LogP) is -0.220. The van der Waals surface area contributed by atoms with Crippen molar-refractivity contribution in [2.45, 2.75) is 25.4 Å². The molecule has 0 aliphatic carbocycles. The van der Waals surface area contributed by atoms with Gasteiger partial charge in [0, 0.05) is 26.1 Å². The van der Waals surface area contributed by atoms with Crippen LogP contribution in [0.2, 0.25) is 0 Å². The Morgan fingerprint density at radius 2 is 2.56 bits per heavy atom. The molecule has 0 saturated heterocycles. The quantitative estimate of drug-likeness (QED) is 0.560. The zero-order valence-corrected chi connectivity index (χ0v) is 9.40. The number of aromatic nitrogens is 2. The number of nitrogens with one attached hydrogen (secondary N) is 2. The first-order chi connectivity index (χ1) is 7.74. The van der Waals surface area contributed by atoms with E-state index < -0.39 is 6.04 Å². The van der Waals surface area contributed by atoms with E-state index in [1.54, 1.807) is 19.5 Å². The SMILES string of the molecule is COCCCC(N)C(=O)NCc1ncc[nH]1. The van der Waals surface area contributed by atoms with Gasteiger partial charge < -0.3 is 20.8 Å². The van der Waals surface area contributed by atoms with Crippen molar-refractivity contribution >= 4 is 5.91 Å². The maximum Gasteiger partial charge on any atom is 0.237 e. The van der Waals surface area contributed by atoms with Crippen molar-refractivity contribution in [1.29, 1.82) is 0 Å². The summed E-state index contributed by atoms with van der Waals surface area (Å²) in [4.78, 5) is 18.4. The summed E-state index contributed by atoms with van der Waals surface area (Å²) >= 11 is 0. The van der Waals surface area contributed by atoms with Crippen LogP contribution in [-0.4, -0.2) is 35.6 Å². The highest BCUT2D eigenvalue weighted by Crippen LogP contribution is 1.96. The van der Waals surface area contributed by atoms with Gasteiger partial charge in [0.15, 0.2) is 0 Å². The van der Waals surface area contributed by atoms with Crippen LogP contribution in [0.3, 0.4) is 0 Å².